The van der Waals surface area contributed by atoms with Gasteiger partial charge in [0.2, 0.25) is 0 Å². The molecule has 1 N–H and O–H groups in total. The first-order valence-corrected chi connectivity index (χ1v) is 8.50. The van der Waals surface area contributed by atoms with Gasteiger partial charge in [0.15, 0.2) is 0 Å². The number of nitrogens with one attached hydrogen (secondary N) is 1. The van der Waals surface area contributed by atoms with E-state index in [1.165, 1.54) is 25.8 Å². The number of rotatable bonds is 4. The summed E-state index contributed by atoms with van der Waals surface area (Å²) >= 11 is 0. The highest BCUT2D eigenvalue weighted by atomic mass is 16.5. The Kier molecular flexibility index (Phi) is 5.49. The Morgan fingerprint density at radius 3 is 2.60 bits per heavy atom. The first-order chi connectivity index (χ1) is 9.42. The Balaban J connectivity index is 2.09. The summed E-state index contributed by atoms with van der Waals surface area (Å²) in [6, 6.07) is 1.29. The highest BCUT2D eigenvalue weighted by Gasteiger charge is 2.42. The van der Waals surface area contributed by atoms with Crippen LogP contribution in [0.25, 0.3) is 0 Å². The van der Waals surface area contributed by atoms with Crippen LogP contribution in [-0.2, 0) is 4.74 Å². The number of nitrogens with zero attached hydrogens (tertiary/aromatic N) is 1. The largest absolute Gasteiger partial charge is 0.380 e. The molecule has 3 nitrogen and oxygen atoms in total. The van der Waals surface area contributed by atoms with E-state index in [0.717, 1.165) is 25.7 Å². The van der Waals surface area contributed by atoms with E-state index in [9.17, 15) is 0 Å². The van der Waals surface area contributed by atoms with Gasteiger partial charge in [-0.15, -0.1) is 0 Å². The molecule has 118 valence electrons. The molecule has 2 aliphatic rings. The summed E-state index contributed by atoms with van der Waals surface area (Å²) in [7, 11) is 0. The lowest BCUT2D eigenvalue weighted by Gasteiger charge is -2.53. The van der Waals surface area contributed by atoms with Gasteiger partial charge in [0.25, 0.3) is 0 Å². The normalized spacial score (nSPS) is 36.8. The third-order valence-electron chi connectivity index (χ3n) is 5.07. The van der Waals surface area contributed by atoms with Crippen LogP contribution in [0.15, 0.2) is 0 Å². The van der Waals surface area contributed by atoms with Crippen LogP contribution in [0.3, 0.4) is 0 Å². The lowest BCUT2D eigenvalue weighted by atomic mass is 9.85. The van der Waals surface area contributed by atoms with E-state index >= 15 is 0 Å². The molecule has 0 bridgehead atoms. The fraction of sp³-hybridized carbons (Fsp3) is 1.00. The Morgan fingerprint density at radius 1 is 1.30 bits per heavy atom. The van der Waals surface area contributed by atoms with Gasteiger partial charge in [0, 0.05) is 37.3 Å². The van der Waals surface area contributed by atoms with Crippen LogP contribution in [0, 0.1) is 11.8 Å². The molecule has 0 aromatic rings. The highest BCUT2D eigenvalue weighted by Crippen LogP contribution is 2.32. The van der Waals surface area contributed by atoms with E-state index < -0.39 is 0 Å². The average Bonchev–Trinajstić information content (AvgIpc) is 2.38. The quantitative estimate of drug-likeness (QED) is 0.858. The lowest BCUT2D eigenvalue weighted by molar-refractivity contribution is -0.0810. The van der Waals surface area contributed by atoms with Crippen LogP contribution >= 0.6 is 0 Å². The topological polar surface area (TPSA) is 24.5 Å². The SMILES string of the molecule is CC(C)CC1CN(C2(C)CCCOC2)C(C(C)C)CN1. The monoisotopic (exact) mass is 282 g/mol. The van der Waals surface area contributed by atoms with Gasteiger partial charge in [0.05, 0.1) is 6.61 Å². The summed E-state index contributed by atoms with van der Waals surface area (Å²) in [6.45, 7) is 15.9. The van der Waals surface area contributed by atoms with Gasteiger partial charge in [-0.25, -0.2) is 0 Å². The van der Waals surface area contributed by atoms with Crippen molar-refractivity contribution in [3.05, 3.63) is 0 Å². The lowest BCUT2D eigenvalue weighted by Crippen LogP contribution is -2.66. The summed E-state index contributed by atoms with van der Waals surface area (Å²) in [5, 5.41) is 3.79. The molecule has 0 amide bonds. The predicted octanol–water partition coefficient (Wildman–Crippen LogP) is 2.90. The van der Waals surface area contributed by atoms with E-state index in [-0.39, 0.29) is 5.54 Å². The van der Waals surface area contributed by atoms with Crippen molar-refractivity contribution in [3.63, 3.8) is 0 Å². The molecule has 3 unspecified atom stereocenters. The summed E-state index contributed by atoms with van der Waals surface area (Å²) in [6.07, 6.45) is 3.77. The summed E-state index contributed by atoms with van der Waals surface area (Å²) in [5.41, 5.74) is 0.241. The molecule has 0 aliphatic carbocycles. The molecular weight excluding hydrogens is 248 g/mol. The van der Waals surface area contributed by atoms with E-state index in [1.807, 2.05) is 0 Å². The second kappa shape index (κ2) is 6.76. The summed E-state index contributed by atoms with van der Waals surface area (Å²) in [5.74, 6) is 1.46. The van der Waals surface area contributed by atoms with Gasteiger partial charge < -0.3 is 10.1 Å². The second-order valence-electron chi connectivity index (χ2n) is 7.85. The zero-order chi connectivity index (χ0) is 14.8. The smallest absolute Gasteiger partial charge is 0.0647 e. The van der Waals surface area contributed by atoms with Crippen molar-refractivity contribution in [2.75, 3.05) is 26.3 Å². The number of hydrogen-bond donors (Lipinski definition) is 1. The molecule has 0 saturated carbocycles. The molecule has 3 atom stereocenters. The number of ether oxygens (including phenoxy) is 1. The van der Waals surface area contributed by atoms with Gasteiger partial charge in [-0.05, 0) is 38.0 Å². The Morgan fingerprint density at radius 2 is 2.05 bits per heavy atom. The van der Waals surface area contributed by atoms with Gasteiger partial charge >= 0.3 is 0 Å². The minimum atomic E-state index is 0.241. The van der Waals surface area contributed by atoms with Gasteiger partial charge in [-0.1, -0.05) is 27.7 Å². The maximum atomic E-state index is 5.82. The van der Waals surface area contributed by atoms with E-state index in [4.69, 9.17) is 4.74 Å². The van der Waals surface area contributed by atoms with Crippen molar-refractivity contribution in [2.24, 2.45) is 11.8 Å². The molecule has 0 spiro atoms. The van der Waals surface area contributed by atoms with Crippen molar-refractivity contribution in [3.8, 4) is 0 Å². The summed E-state index contributed by atoms with van der Waals surface area (Å²) in [4.78, 5) is 2.78. The molecule has 2 aliphatic heterocycles. The van der Waals surface area contributed by atoms with Gasteiger partial charge in [-0.2, -0.15) is 0 Å². The second-order valence-corrected chi connectivity index (χ2v) is 7.85. The number of piperazine rings is 1. The first kappa shape index (κ1) is 16.3. The average molecular weight is 282 g/mol. The van der Waals surface area contributed by atoms with Crippen LogP contribution in [0.2, 0.25) is 0 Å². The molecule has 0 aromatic carbocycles. The molecule has 2 fully saturated rings. The fourth-order valence-electron chi connectivity index (χ4n) is 3.92. The standard InChI is InChI=1S/C17H34N2O/c1-13(2)9-15-11-19(16(10-18-15)14(3)4)17(5)7-6-8-20-12-17/h13-16,18H,6-12H2,1-5H3. The Hall–Kier alpha value is -0.120. The molecule has 2 heterocycles. The molecule has 2 rings (SSSR count). The van der Waals surface area contributed by atoms with E-state index in [2.05, 4.69) is 44.8 Å². The molecule has 3 heteroatoms. The number of hydrogen-bond acceptors (Lipinski definition) is 3. The third kappa shape index (κ3) is 3.75. The zero-order valence-electron chi connectivity index (χ0n) is 14.1. The molecule has 2 saturated heterocycles. The maximum absolute atomic E-state index is 5.82. The van der Waals surface area contributed by atoms with Crippen LogP contribution in [0.1, 0.15) is 53.9 Å². The van der Waals surface area contributed by atoms with E-state index in [0.29, 0.717) is 18.0 Å². The van der Waals surface area contributed by atoms with Gasteiger partial charge in [-0.3, -0.25) is 4.90 Å². The van der Waals surface area contributed by atoms with Crippen LogP contribution in [-0.4, -0.2) is 48.8 Å². The van der Waals surface area contributed by atoms with Crippen molar-refractivity contribution in [1.82, 2.24) is 10.2 Å². The predicted molar refractivity (Wildman–Crippen MR) is 85.0 cm³/mol. The maximum Gasteiger partial charge on any atom is 0.0647 e. The van der Waals surface area contributed by atoms with Crippen molar-refractivity contribution in [1.29, 1.82) is 0 Å². The zero-order valence-corrected chi connectivity index (χ0v) is 14.1. The third-order valence-corrected chi connectivity index (χ3v) is 5.07. The Bertz CT molecular complexity index is 297. The highest BCUT2D eigenvalue weighted by molar-refractivity contribution is 4.98. The molecule has 20 heavy (non-hydrogen) atoms. The Labute approximate surface area is 125 Å². The fourth-order valence-corrected chi connectivity index (χ4v) is 3.92. The first-order valence-electron chi connectivity index (χ1n) is 8.50. The van der Waals surface area contributed by atoms with Crippen LogP contribution in [0.4, 0.5) is 0 Å². The van der Waals surface area contributed by atoms with Crippen molar-refractivity contribution in [2.45, 2.75) is 71.5 Å². The molecule has 0 radical (unpaired) electrons. The van der Waals surface area contributed by atoms with Crippen LogP contribution in [0.5, 0.6) is 0 Å². The van der Waals surface area contributed by atoms with Crippen LogP contribution < -0.4 is 5.32 Å². The minimum Gasteiger partial charge on any atom is -0.380 e. The minimum absolute atomic E-state index is 0.241. The molecular formula is C17H34N2O. The van der Waals surface area contributed by atoms with Crippen molar-refractivity contribution < 1.29 is 4.74 Å². The molecule has 0 aromatic heterocycles. The van der Waals surface area contributed by atoms with Gasteiger partial charge in [0.1, 0.15) is 0 Å². The van der Waals surface area contributed by atoms with E-state index in [1.54, 1.807) is 0 Å². The summed E-state index contributed by atoms with van der Waals surface area (Å²) < 4.78 is 5.82. The van der Waals surface area contributed by atoms with Crippen molar-refractivity contribution >= 4 is 0 Å².